The van der Waals surface area contributed by atoms with Crippen LogP contribution >= 0.6 is 11.6 Å². The van der Waals surface area contributed by atoms with Gasteiger partial charge in [0, 0.05) is 30.2 Å². The third-order valence-electron chi connectivity index (χ3n) is 4.75. The van der Waals surface area contributed by atoms with E-state index in [4.69, 9.17) is 22.7 Å². The van der Waals surface area contributed by atoms with Gasteiger partial charge in [-0.1, -0.05) is 25.4 Å². The zero-order valence-corrected chi connectivity index (χ0v) is 16.3. The standard InChI is InChI=1S/C18H20ClF3N4O2/c1-9-6-25-7-11(19)14(9)12(27)8-26(13-4-17(13,2)3)16(28)10(5-23)15(24)18(20,21)22/h5-7,13,23H,4,8,24H2,1-3H3/b15-10+,23-5?. The number of ketones is 1. The van der Waals surface area contributed by atoms with Gasteiger partial charge in [0.25, 0.3) is 5.91 Å². The number of aromatic nitrogens is 1. The van der Waals surface area contributed by atoms with Gasteiger partial charge in [-0.2, -0.15) is 13.2 Å². The molecule has 152 valence electrons. The van der Waals surface area contributed by atoms with Crippen LogP contribution in [0.15, 0.2) is 23.7 Å². The van der Waals surface area contributed by atoms with E-state index in [1.165, 1.54) is 12.4 Å². The number of nitrogens with two attached hydrogens (primary N) is 1. The number of hydrogen-bond acceptors (Lipinski definition) is 5. The molecule has 0 radical (unpaired) electrons. The Kier molecular flexibility index (Phi) is 5.89. The lowest BCUT2D eigenvalue weighted by molar-refractivity contribution is -0.128. The Balaban J connectivity index is 2.43. The van der Waals surface area contributed by atoms with Crippen molar-refractivity contribution in [2.75, 3.05) is 6.54 Å². The average molecular weight is 417 g/mol. The Labute approximate surface area is 165 Å². The largest absolute Gasteiger partial charge is 0.431 e. The van der Waals surface area contributed by atoms with E-state index in [-0.39, 0.29) is 22.2 Å². The van der Waals surface area contributed by atoms with Gasteiger partial charge < -0.3 is 16.0 Å². The van der Waals surface area contributed by atoms with Crippen molar-refractivity contribution >= 4 is 29.5 Å². The Bertz CT molecular complexity index is 845. The molecule has 1 heterocycles. The molecule has 2 rings (SSSR count). The second-order valence-corrected chi connectivity index (χ2v) is 7.75. The summed E-state index contributed by atoms with van der Waals surface area (Å²) in [4.78, 5) is 30.5. The van der Waals surface area contributed by atoms with Crippen molar-refractivity contribution in [3.05, 3.63) is 39.8 Å². The van der Waals surface area contributed by atoms with Crippen molar-refractivity contribution < 1.29 is 22.8 Å². The molecule has 1 aromatic rings. The molecule has 1 aromatic heterocycles. The molecule has 1 unspecified atom stereocenters. The summed E-state index contributed by atoms with van der Waals surface area (Å²) in [6.07, 6.45) is -1.49. The molecule has 0 saturated heterocycles. The van der Waals surface area contributed by atoms with Crippen LogP contribution in [0.2, 0.25) is 5.02 Å². The number of amides is 1. The summed E-state index contributed by atoms with van der Waals surface area (Å²) in [6.45, 7) is 4.78. The molecule has 0 aliphatic heterocycles. The summed E-state index contributed by atoms with van der Waals surface area (Å²) in [6, 6.07) is -0.458. The molecule has 3 N–H and O–H groups in total. The van der Waals surface area contributed by atoms with Crippen LogP contribution in [0.4, 0.5) is 13.2 Å². The van der Waals surface area contributed by atoms with E-state index < -0.39 is 41.7 Å². The predicted molar refractivity (Wildman–Crippen MR) is 98.3 cm³/mol. The molecule has 0 aromatic carbocycles. The normalized spacial score (nSPS) is 18.9. The van der Waals surface area contributed by atoms with Gasteiger partial charge in [0.1, 0.15) is 5.70 Å². The van der Waals surface area contributed by atoms with Crippen molar-refractivity contribution in [2.24, 2.45) is 11.1 Å². The van der Waals surface area contributed by atoms with Crippen LogP contribution < -0.4 is 5.73 Å². The van der Waals surface area contributed by atoms with Crippen molar-refractivity contribution in [1.29, 1.82) is 5.41 Å². The van der Waals surface area contributed by atoms with Crippen LogP contribution in [-0.2, 0) is 4.79 Å². The van der Waals surface area contributed by atoms with Crippen molar-refractivity contribution in [1.82, 2.24) is 9.88 Å². The number of Topliss-reactive ketones (excluding diaryl/α,β-unsaturated/α-hetero) is 1. The topological polar surface area (TPSA) is 100 Å². The minimum Gasteiger partial charge on any atom is -0.394 e. The molecular formula is C18H20ClF3N4O2. The second-order valence-electron chi connectivity index (χ2n) is 7.35. The summed E-state index contributed by atoms with van der Waals surface area (Å²) < 4.78 is 38.9. The highest BCUT2D eigenvalue weighted by atomic mass is 35.5. The van der Waals surface area contributed by atoms with Gasteiger partial charge in [0.2, 0.25) is 0 Å². The highest BCUT2D eigenvalue weighted by Crippen LogP contribution is 2.49. The highest BCUT2D eigenvalue weighted by molar-refractivity contribution is 6.34. The van der Waals surface area contributed by atoms with Crippen LogP contribution in [-0.4, -0.2) is 46.6 Å². The first-order valence-corrected chi connectivity index (χ1v) is 8.70. The summed E-state index contributed by atoms with van der Waals surface area (Å²) >= 11 is 6.04. The number of halogens is 4. The van der Waals surface area contributed by atoms with E-state index in [0.29, 0.717) is 12.0 Å². The Hall–Kier alpha value is -2.42. The lowest BCUT2D eigenvalue weighted by Gasteiger charge is -2.25. The zero-order chi connectivity index (χ0) is 21.4. The number of allylic oxidation sites excluding steroid dienone is 1. The molecule has 1 atom stereocenters. The van der Waals surface area contributed by atoms with Crippen LogP contribution in [0, 0.1) is 17.7 Å². The Morgan fingerprint density at radius 1 is 1.43 bits per heavy atom. The average Bonchev–Trinajstić information content (AvgIpc) is 3.20. The fraction of sp³-hybridized carbons (Fsp3) is 0.444. The number of pyridine rings is 1. The summed E-state index contributed by atoms with van der Waals surface area (Å²) in [7, 11) is 0. The fourth-order valence-electron chi connectivity index (χ4n) is 2.98. The maximum absolute atomic E-state index is 13.0. The van der Waals surface area contributed by atoms with Crippen molar-refractivity contribution in [2.45, 2.75) is 39.4 Å². The summed E-state index contributed by atoms with van der Waals surface area (Å²) in [5, 5.41) is 7.33. The molecule has 10 heteroatoms. The van der Waals surface area contributed by atoms with Gasteiger partial charge in [-0.15, -0.1) is 0 Å². The van der Waals surface area contributed by atoms with E-state index in [9.17, 15) is 22.8 Å². The van der Waals surface area contributed by atoms with Gasteiger partial charge >= 0.3 is 6.18 Å². The Morgan fingerprint density at radius 2 is 2.00 bits per heavy atom. The summed E-state index contributed by atoms with van der Waals surface area (Å²) in [5.41, 5.74) is 2.67. The number of nitrogens with one attached hydrogen (secondary N) is 1. The lowest BCUT2D eigenvalue weighted by Crippen LogP contribution is -2.42. The predicted octanol–water partition coefficient (Wildman–Crippen LogP) is 3.28. The third-order valence-corrected chi connectivity index (χ3v) is 5.04. The number of aryl methyl sites for hydroxylation is 1. The van der Waals surface area contributed by atoms with E-state index in [1.54, 1.807) is 6.92 Å². The van der Waals surface area contributed by atoms with Crippen LogP contribution in [0.25, 0.3) is 0 Å². The van der Waals surface area contributed by atoms with Gasteiger partial charge in [-0.3, -0.25) is 14.6 Å². The van der Waals surface area contributed by atoms with Crippen molar-refractivity contribution in [3.8, 4) is 0 Å². The number of carbonyl (C=O) groups excluding carboxylic acids is 2. The molecule has 0 spiro atoms. The smallest absolute Gasteiger partial charge is 0.394 e. The molecule has 6 nitrogen and oxygen atoms in total. The lowest BCUT2D eigenvalue weighted by atomic mass is 10.1. The number of rotatable bonds is 6. The molecule has 28 heavy (non-hydrogen) atoms. The molecule has 1 aliphatic rings. The van der Waals surface area contributed by atoms with Gasteiger partial charge in [-0.25, -0.2) is 0 Å². The third kappa shape index (κ3) is 4.35. The first kappa shape index (κ1) is 21.9. The van der Waals surface area contributed by atoms with E-state index in [0.717, 1.165) is 4.90 Å². The maximum Gasteiger partial charge on any atom is 0.431 e. The van der Waals surface area contributed by atoms with Crippen LogP contribution in [0.5, 0.6) is 0 Å². The van der Waals surface area contributed by atoms with E-state index in [2.05, 4.69) is 4.98 Å². The first-order valence-electron chi connectivity index (χ1n) is 8.33. The number of alkyl halides is 3. The minimum absolute atomic E-state index is 0.0880. The van der Waals surface area contributed by atoms with Crippen molar-refractivity contribution in [3.63, 3.8) is 0 Å². The van der Waals surface area contributed by atoms with Gasteiger partial charge in [-0.05, 0) is 24.3 Å². The monoisotopic (exact) mass is 416 g/mol. The first-order chi connectivity index (χ1) is 12.8. The number of nitrogens with zero attached hydrogens (tertiary/aromatic N) is 2. The quantitative estimate of drug-likeness (QED) is 0.422. The molecular weight excluding hydrogens is 397 g/mol. The minimum atomic E-state index is -4.97. The molecule has 1 fully saturated rings. The van der Waals surface area contributed by atoms with E-state index >= 15 is 0 Å². The molecule has 1 amide bonds. The fourth-order valence-corrected chi connectivity index (χ4v) is 3.29. The SMILES string of the molecule is Cc1cncc(Cl)c1C(=O)CN(C(=O)/C(C=N)=C(/N)C(F)(F)F)C1CC1(C)C. The second kappa shape index (κ2) is 7.54. The molecule has 0 bridgehead atoms. The van der Waals surface area contributed by atoms with Crippen LogP contribution in [0.1, 0.15) is 36.2 Å². The summed E-state index contributed by atoms with van der Waals surface area (Å²) in [5.74, 6) is -1.65. The zero-order valence-electron chi connectivity index (χ0n) is 15.5. The van der Waals surface area contributed by atoms with Crippen LogP contribution in [0.3, 0.4) is 0 Å². The van der Waals surface area contributed by atoms with Gasteiger partial charge in [0.05, 0.1) is 17.1 Å². The van der Waals surface area contributed by atoms with Gasteiger partial charge in [0.15, 0.2) is 5.78 Å². The maximum atomic E-state index is 13.0. The number of hydrogen-bond donors (Lipinski definition) is 2. The molecule has 1 saturated carbocycles. The Morgan fingerprint density at radius 3 is 2.43 bits per heavy atom. The highest BCUT2D eigenvalue weighted by Gasteiger charge is 2.52. The van der Waals surface area contributed by atoms with E-state index in [1.807, 2.05) is 13.8 Å². The number of carbonyl (C=O) groups is 2. The molecule has 1 aliphatic carbocycles.